The number of hydrogen-bond donors (Lipinski definition) is 1. The van der Waals surface area contributed by atoms with Gasteiger partial charge in [-0.15, -0.1) is 0 Å². The van der Waals surface area contributed by atoms with E-state index < -0.39 is 38.0 Å². The lowest BCUT2D eigenvalue weighted by Crippen LogP contribution is -2.27. The van der Waals surface area contributed by atoms with Gasteiger partial charge in [0.05, 0.1) is 16.5 Å². The summed E-state index contributed by atoms with van der Waals surface area (Å²) in [5, 5.41) is 20.7. The van der Waals surface area contributed by atoms with Gasteiger partial charge >= 0.3 is 0 Å². The van der Waals surface area contributed by atoms with Crippen LogP contribution < -0.4 is 5.56 Å². The molecule has 0 aliphatic heterocycles. The monoisotopic (exact) mass is 616 g/mol. The number of carbonyl (C=O) groups is 1. The molecule has 228 valence electrons. The molecule has 0 spiro atoms. The van der Waals surface area contributed by atoms with E-state index in [9.17, 15) is 27.5 Å². The van der Waals surface area contributed by atoms with E-state index in [-0.39, 0.29) is 28.6 Å². The van der Waals surface area contributed by atoms with Gasteiger partial charge in [0.1, 0.15) is 17.7 Å². The molecule has 0 aliphatic carbocycles. The van der Waals surface area contributed by atoms with Crippen LogP contribution in [0.25, 0.3) is 11.1 Å². The fourth-order valence-electron chi connectivity index (χ4n) is 5.11. The van der Waals surface area contributed by atoms with Crippen molar-refractivity contribution in [1.29, 1.82) is 5.26 Å². The molecule has 44 heavy (non-hydrogen) atoms. The van der Waals surface area contributed by atoms with Gasteiger partial charge in [-0.1, -0.05) is 56.7 Å². The molecule has 0 saturated carbocycles. The predicted octanol–water partition coefficient (Wildman–Crippen LogP) is 5.50. The van der Waals surface area contributed by atoms with Crippen LogP contribution >= 0.6 is 0 Å². The van der Waals surface area contributed by atoms with E-state index in [1.54, 1.807) is 51.4 Å². The highest BCUT2D eigenvalue weighted by Gasteiger charge is 2.32. The summed E-state index contributed by atoms with van der Waals surface area (Å²) in [6, 6.07) is 17.6. The fraction of sp³-hybridized carbons (Fsp3) is 0.273. The average Bonchev–Trinajstić information content (AvgIpc) is 3.01. The summed E-state index contributed by atoms with van der Waals surface area (Å²) in [6.45, 7) is 3.71. The van der Waals surface area contributed by atoms with E-state index in [0.29, 0.717) is 35.1 Å². The number of rotatable bonds is 10. The van der Waals surface area contributed by atoms with Crippen LogP contribution in [0.15, 0.2) is 81.3 Å². The van der Waals surface area contributed by atoms with Gasteiger partial charge in [-0.3, -0.25) is 14.2 Å². The van der Waals surface area contributed by atoms with Crippen LogP contribution in [0.4, 0.5) is 4.39 Å². The molecule has 11 heteroatoms. The van der Waals surface area contributed by atoms with Crippen molar-refractivity contribution >= 4 is 15.7 Å². The Morgan fingerprint density at radius 3 is 2.36 bits per heavy atom. The molecule has 0 saturated heterocycles. The third kappa shape index (κ3) is 6.12. The third-order valence-electron chi connectivity index (χ3n) is 7.39. The molecule has 1 heterocycles. The second-order valence-electron chi connectivity index (χ2n) is 10.5. The van der Waals surface area contributed by atoms with Crippen LogP contribution in [0, 0.1) is 17.1 Å². The standard InChI is InChI=1S/C33H33FN4O5S/c1-5-7-12-29-36-31(39)30(33(41)38(29)28(6-2)22-13-14-23(20-35)27(34)19-22)44(42,43)24-17-15-21(16-18-24)25-10-8-9-11-26(25)32(40)37(3)4/h8-11,13-19,28,41H,5-7,12H2,1-4H3. The maximum atomic E-state index is 14.6. The number of unbranched alkanes of at least 4 members (excludes halogenated alkanes) is 1. The maximum absolute atomic E-state index is 14.6. The molecule has 0 bridgehead atoms. The van der Waals surface area contributed by atoms with E-state index in [1.807, 2.05) is 6.92 Å². The molecule has 1 amide bonds. The molecule has 1 aromatic heterocycles. The number of hydrogen-bond acceptors (Lipinski definition) is 7. The second kappa shape index (κ2) is 13.2. The summed E-state index contributed by atoms with van der Waals surface area (Å²) in [5.74, 6) is -1.60. The van der Waals surface area contributed by atoms with Gasteiger partial charge in [-0.25, -0.2) is 12.8 Å². The molecule has 0 radical (unpaired) electrons. The zero-order valence-corrected chi connectivity index (χ0v) is 25.7. The van der Waals surface area contributed by atoms with Crippen molar-refractivity contribution in [3.63, 3.8) is 0 Å². The number of aromatic nitrogens is 2. The van der Waals surface area contributed by atoms with Crippen LogP contribution in [0.2, 0.25) is 0 Å². The van der Waals surface area contributed by atoms with E-state index in [2.05, 4.69) is 4.98 Å². The summed E-state index contributed by atoms with van der Waals surface area (Å²) < 4.78 is 43.6. The summed E-state index contributed by atoms with van der Waals surface area (Å²) in [4.78, 5) is 30.4. The van der Waals surface area contributed by atoms with E-state index in [4.69, 9.17) is 5.26 Å². The van der Waals surface area contributed by atoms with E-state index in [0.717, 1.165) is 6.42 Å². The number of nitrogens with zero attached hydrogens (tertiary/aromatic N) is 4. The van der Waals surface area contributed by atoms with E-state index >= 15 is 0 Å². The van der Waals surface area contributed by atoms with Gasteiger partial charge in [-0.05, 0) is 59.9 Å². The second-order valence-corrected chi connectivity index (χ2v) is 12.4. The SMILES string of the molecule is CCCCc1nc(=O)c(S(=O)(=O)c2ccc(-c3ccccc3C(=O)N(C)C)cc2)c(O)n1C(CC)c1ccc(C#N)c(F)c1. The van der Waals surface area contributed by atoms with Crippen molar-refractivity contribution in [2.24, 2.45) is 0 Å². The molecule has 3 aromatic carbocycles. The fourth-order valence-corrected chi connectivity index (χ4v) is 6.46. The lowest BCUT2D eigenvalue weighted by atomic mass is 9.99. The number of aryl methyl sites for hydroxylation is 1. The van der Waals surface area contributed by atoms with Crippen LogP contribution in [0.3, 0.4) is 0 Å². The zero-order valence-electron chi connectivity index (χ0n) is 24.9. The summed E-state index contributed by atoms with van der Waals surface area (Å²) >= 11 is 0. The maximum Gasteiger partial charge on any atom is 0.296 e. The minimum Gasteiger partial charge on any atom is -0.493 e. The highest BCUT2D eigenvalue weighted by atomic mass is 32.2. The normalized spacial score (nSPS) is 12.0. The van der Waals surface area contributed by atoms with Crippen molar-refractivity contribution in [1.82, 2.24) is 14.5 Å². The van der Waals surface area contributed by atoms with Gasteiger partial charge in [0.25, 0.3) is 11.5 Å². The van der Waals surface area contributed by atoms with E-state index in [1.165, 1.54) is 51.9 Å². The lowest BCUT2D eigenvalue weighted by molar-refractivity contribution is 0.0828. The van der Waals surface area contributed by atoms with Gasteiger partial charge in [0.15, 0.2) is 4.90 Å². The van der Waals surface area contributed by atoms with Gasteiger partial charge in [0.2, 0.25) is 15.7 Å². The molecular weight excluding hydrogens is 583 g/mol. The predicted molar refractivity (Wildman–Crippen MR) is 164 cm³/mol. The summed E-state index contributed by atoms with van der Waals surface area (Å²) in [5.41, 5.74) is 0.738. The molecule has 1 N–H and O–H groups in total. The quantitative estimate of drug-likeness (QED) is 0.249. The largest absolute Gasteiger partial charge is 0.493 e. The number of aromatic hydroxyl groups is 1. The first-order valence-corrected chi connectivity index (χ1v) is 15.6. The highest BCUT2D eigenvalue weighted by Crippen LogP contribution is 2.35. The minimum absolute atomic E-state index is 0.155. The Bertz CT molecular complexity index is 1910. The van der Waals surface area contributed by atoms with Gasteiger partial charge in [0, 0.05) is 26.1 Å². The number of amides is 1. The Labute approximate surface area is 255 Å². The average molecular weight is 617 g/mol. The first kappa shape index (κ1) is 32.1. The van der Waals surface area contributed by atoms with Crippen molar-refractivity contribution in [2.45, 2.75) is 55.4 Å². The van der Waals surface area contributed by atoms with Crippen molar-refractivity contribution in [2.75, 3.05) is 14.1 Å². The molecule has 4 aromatic rings. The summed E-state index contributed by atoms with van der Waals surface area (Å²) in [7, 11) is -1.31. The van der Waals surface area contributed by atoms with Gasteiger partial charge in [-0.2, -0.15) is 10.2 Å². The smallest absolute Gasteiger partial charge is 0.296 e. The Balaban J connectivity index is 1.86. The number of sulfone groups is 1. The molecular formula is C33H33FN4O5S. The topological polar surface area (TPSA) is 133 Å². The first-order chi connectivity index (χ1) is 21.0. The number of benzene rings is 3. The number of halogens is 1. The molecule has 1 atom stereocenters. The molecule has 4 rings (SSSR count). The van der Waals surface area contributed by atoms with Crippen LogP contribution in [-0.2, 0) is 16.3 Å². The Kier molecular flexibility index (Phi) is 9.65. The van der Waals surface area contributed by atoms with Crippen LogP contribution in [-0.4, -0.2) is 48.0 Å². The number of nitriles is 1. The molecule has 9 nitrogen and oxygen atoms in total. The van der Waals surface area contributed by atoms with Crippen molar-refractivity contribution in [3.8, 4) is 23.1 Å². The molecule has 0 aliphatic rings. The zero-order chi connectivity index (χ0) is 32.2. The Morgan fingerprint density at radius 1 is 1.09 bits per heavy atom. The third-order valence-corrected chi connectivity index (χ3v) is 9.18. The first-order valence-electron chi connectivity index (χ1n) is 14.2. The summed E-state index contributed by atoms with van der Waals surface area (Å²) in [6.07, 6.45) is 1.92. The van der Waals surface area contributed by atoms with Crippen LogP contribution in [0.1, 0.15) is 66.5 Å². The van der Waals surface area contributed by atoms with Crippen molar-refractivity contribution in [3.05, 3.63) is 105 Å². The Morgan fingerprint density at radius 2 is 1.77 bits per heavy atom. The molecule has 1 unspecified atom stereocenters. The van der Waals surface area contributed by atoms with Gasteiger partial charge < -0.3 is 10.0 Å². The highest BCUT2D eigenvalue weighted by molar-refractivity contribution is 7.91. The minimum atomic E-state index is -4.58. The van der Waals surface area contributed by atoms with Crippen molar-refractivity contribution < 1.29 is 22.7 Å². The van der Waals surface area contributed by atoms with Crippen LogP contribution in [0.5, 0.6) is 5.88 Å². The Hall–Kier alpha value is -4.82. The lowest BCUT2D eigenvalue weighted by Gasteiger charge is -2.25. The number of carbonyl (C=O) groups excluding carboxylic acids is 1. The molecule has 0 fully saturated rings.